The zero-order valence-corrected chi connectivity index (χ0v) is 11.3. The number of carbonyl (C=O) groups is 2. The number of benzene rings is 1. The van der Waals surface area contributed by atoms with Gasteiger partial charge in [0, 0.05) is 5.56 Å². The van der Waals surface area contributed by atoms with Crippen LogP contribution in [0.25, 0.3) is 5.76 Å². The molecule has 0 saturated heterocycles. The first-order chi connectivity index (χ1) is 9.69. The van der Waals surface area contributed by atoms with Crippen molar-refractivity contribution in [2.75, 3.05) is 0 Å². The van der Waals surface area contributed by atoms with E-state index in [2.05, 4.69) is 6.92 Å². The van der Waals surface area contributed by atoms with Crippen molar-refractivity contribution in [2.24, 2.45) is 5.92 Å². The quantitative estimate of drug-likeness (QED) is 0.623. The second-order valence-electron chi connectivity index (χ2n) is 5.15. The molecule has 0 radical (unpaired) electrons. The van der Waals surface area contributed by atoms with Crippen molar-refractivity contribution < 1.29 is 19.1 Å². The third-order valence-electron chi connectivity index (χ3n) is 3.43. The van der Waals surface area contributed by atoms with Crippen LogP contribution in [-0.2, 0) is 9.53 Å². The number of hydrogen-bond donors (Lipinski definition) is 0. The average molecular weight is 272 g/mol. The Morgan fingerprint density at radius 1 is 1.40 bits per heavy atom. The molecule has 0 aromatic heterocycles. The fourth-order valence-corrected chi connectivity index (χ4v) is 2.12. The highest BCUT2D eigenvalue weighted by molar-refractivity contribution is 6.03. The van der Waals surface area contributed by atoms with Crippen LogP contribution in [0.3, 0.4) is 0 Å². The number of allylic oxidation sites excluding steroid dienone is 1. The monoisotopic (exact) mass is 272 g/mol. The molecule has 0 N–H and O–H groups in total. The predicted octanol–water partition coefficient (Wildman–Crippen LogP) is 3.31. The van der Waals surface area contributed by atoms with E-state index in [-0.39, 0.29) is 17.9 Å². The van der Waals surface area contributed by atoms with Crippen LogP contribution < -0.4 is 4.74 Å². The van der Waals surface area contributed by atoms with Gasteiger partial charge in [-0.05, 0) is 43.5 Å². The molecule has 0 amide bonds. The number of cyclic esters (lactones) is 1. The van der Waals surface area contributed by atoms with Crippen LogP contribution in [0.4, 0.5) is 0 Å². The highest BCUT2D eigenvalue weighted by Gasteiger charge is 2.32. The lowest BCUT2D eigenvalue weighted by Crippen LogP contribution is -2.09. The fourth-order valence-electron chi connectivity index (χ4n) is 2.12. The minimum absolute atomic E-state index is 0.0521. The molecular weight excluding hydrogens is 256 g/mol. The minimum Gasteiger partial charge on any atom is -0.426 e. The Balaban J connectivity index is 1.86. The molecule has 1 saturated carbocycles. The Hall–Kier alpha value is -2.10. The molecule has 1 aromatic carbocycles. The van der Waals surface area contributed by atoms with Gasteiger partial charge in [-0.1, -0.05) is 13.3 Å². The fraction of sp³-hybridized carbons (Fsp3) is 0.375. The summed E-state index contributed by atoms with van der Waals surface area (Å²) in [6, 6.07) is 5.01. The van der Waals surface area contributed by atoms with E-state index in [0.29, 0.717) is 22.6 Å². The molecule has 1 heterocycles. The van der Waals surface area contributed by atoms with Crippen molar-refractivity contribution in [3.63, 3.8) is 0 Å². The van der Waals surface area contributed by atoms with Crippen molar-refractivity contribution in [3.05, 3.63) is 35.4 Å². The Kier molecular flexibility index (Phi) is 3.30. The standard InChI is InChI=1S/C16H16O4/c1-2-3-4-14-13-9-11(19-15(17)10-5-6-10)7-8-12(13)16(18)20-14/h4,7-10H,2-3,5-6H2,1H3/b14-4-. The van der Waals surface area contributed by atoms with Gasteiger partial charge in [0.1, 0.15) is 11.5 Å². The summed E-state index contributed by atoms with van der Waals surface area (Å²) in [5.74, 6) is 0.561. The maximum atomic E-state index is 11.7. The largest absolute Gasteiger partial charge is 0.426 e. The van der Waals surface area contributed by atoms with Gasteiger partial charge in [-0.2, -0.15) is 0 Å². The van der Waals surface area contributed by atoms with E-state index in [1.807, 2.05) is 6.08 Å². The van der Waals surface area contributed by atoms with Gasteiger partial charge in [-0.15, -0.1) is 0 Å². The van der Waals surface area contributed by atoms with Gasteiger partial charge in [-0.3, -0.25) is 4.79 Å². The Morgan fingerprint density at radius 2 is 2.20 bits per heavy atom. The lowest BCUT2D eigenvalue weighted by molar-refractivity contribution is -0.135. The van der Waals surface area contributed by atoms with Crippen molar-refractivity contribution in [3.8, 4) is 5.75 Å². The van der Waals surface area contributed by atoms with Crippen molar-refractivity contribution in [2.45, 2.75) is 32.6 Å². The van der Waals surface area contributed by atoms with E-state index in [1.54, 1.807) is 18.2 Å². The second kappa shape index (κ2) is 5.12. The van der Waals surface area contributed by atoms with E-state index < -0.39 is 0 Å². The molecule has 1 fully saturated rings. The number of carbonyl (C=O) groups excluding carboxylic acids is 2. The van der Waals surface area contributed by atoms with Gasteiger partial charge in [-0.25, -0.2) is 4.79 Å². The smallest absolute Gasteiger partial charge is 0.344 e. The number of esters is 2. The van der Waals surface area contributed by atoms with Crippen molar-refractivity contribution >= 4 is 17.7 Å². The summed E-state index contributed by atoms with van der Waals surface area (Å²) in [6.45, 7) is 2.06. The molecule has 20 heavy (non-hydrogen) atoms. The van der Waals surface area contributed by atoms with Crippen LogP contribution in [0.15, 0.2) is 24.3 Å². The predicted molar refractivity (Wildman–Crippen MR) is 73.1 cm³/mol. The first-order valence-corrected chi connectivity index (χ1v) is 6.97. The molecule has 3 rings (SSSR count). The topological polar surface area (TPSA) is 52.6 Å². The zero-order valence-electron chi connectivity index (χ0n) is 11.3. The molecule has 2 aliphatic rings. The number of fused-ring (bicyclic) bond motifs is 1. The SMILES string of the molecule is CCC/C=C1\OC(=O)c2ccc(OC(=O)C3CC3)cc21. The number of hydrogen-bond acceptors (Lipinski definition) is 4. The van der Waals surface area contributed by atoms with Crippen molar-refractivity contribution in [1.29, 1.82) is 0 Å². The van der Waals surface area contributed by atoms with Gasteiger partial charge < -0.3 is 9.47 Å². The van der Waals surface area contributed by atoms with E-state index in [4.69, 9.17) is 9.47 Å². The van der Waals surface area contributed by atoms with Crippen LogP contribution in [0, 0.1) is 5.92 Å². The van der Waals surface area contributed by atoms with E-state index in [1.165, 1.54) is 0 Å². The lowest BCUT2D eigenvalue weighted by atomic mass is 10.1. The maximum Gasteiger partial charge on any atom is 0.344 e. The third-order valence-corrected chi connectivity index (χ3v) is 3.43. The first-order valence-electron chi connectivity index (χ1n) is 6.97. The van der Waals surface area contributed by atoms with Crippen LogP contribution in [-0.4, -0.2) is 11.9 Å². The maximum absolute atomic E-state index is 11.7. The van der Waals surface area contributed by atoms with E-state index in [9.17, 15) is 9.59 Å². The van der Waals surface area contributed by atoms with Crippen LogP contribution >= 0.6 is 0 Å². The summed E-state index contributed by atoms with van der Waals surface area (Å²) < 4.78 is 10.6. The van der Waals surface area contributed by atoms with Crippen LogP contribution in [0.5, 0.6) is 5.75 Å². The normalized spacial score (nSPS) is 18.9. The molecule has 0 atom stereocenters. The summed E-state index contributed by atoms with van der Waals surface area (Å²) in [6.07, 6.45) is 5.54. The second-order valence-corrected chi connectivity index (χ2v) is 5.15. The van der Waals surface area contributed by atoms with Crippen LogP contribution in [0.1, 0.15) is 48.5 Å². The van der Waals surface area contributed by atoms with Gasteiger partial charge in [0.15, 0.2) is 0 Å². The molecule has 1 aromatic rings. The number of rotatable bonds is 4. The molecule has 0 spiro atoms. The molecule has 0 bridgehead atoms. The Morgan fingerprint density at radius 3 is 2.90 bits per heavy atom. The summed E-state index contributed by atoms with van der Waals surface area (Å²) in [7, 11) is 0. The molecule has 4 heteroatoms. The molecule has 1 aliphatic heterocycles. The summed E-state index contributed by atoms with van der Waals surface area (Å²) in [4.78, 5) is 23.4. The van der Waals surface area contributed by atoms with Gasteiger partial charge in [0.25, 0.3) is 0 Å². The Labute approximate surface area is 117 Å². The third kappa shape index (κ3) is 2.46. The molecular formula is C16H16O4. The van der Waals surface area contributed by atoms with Gasteiger partial charge in [0.05, 0.1) is 11.5 Å². The summed E-state index contributed by atoms with van der Waals surface area (Å²) in [5, 5.41) is 0. The molecule has 1 aliphatic carbocycles. The molecule has 0 unspecified atom stereocenters. The highest BCUT2D eigenvalue weighted by atomic mass is 16.5. The molecule has 4 nitrogen and oxygen atoms in total. The highest BCUT2D eigenvalue weighted by Crippen LogP contribution is 2.35. The first kappa shape index (κ1) is 12.9. The molecule has 104 valence electrons. The van der Waals surface area contributed by atoms with Crippen LogP contribution in [0.2, 0.25) is 0 Å². The lowest BCUT2D eigenvalue weighted by Gasteiger charge is -2.04. The summed E-state index contributed by atoms with van der Waals surface area (Å²) >= 11 is 0. The van der Waals surface area contributed by atoms with E-state index >= 15 is 0 Å². The summed E-state index contributed by atoms with van der Waals surface area (Å²) in [5.41, 5.74) is 1.24. The minimum atomic E-state index is -0.345. The average Bonchev–Trinajstić information content (AvgIpc) is 3.23. The number of ether oxygens (including phenoxy) is 2. The van der Waals surface area contributed by atoms with Crippen molar-refractivity contribution in [1.82, 2.24) is 0 Å². The number of unbranched alkanes of at least 4 members (excludes halogenated alkanes) is 1. The Bertz CT molecular complexity index is 596. The van der Waals surface area contributed by atoms with E-state index in [0.717, 1.165) is 25.7 Å². The van der Waals surface area contributed by atoms with Gasteiger partial charge in [0.2, 0.25) is 0 Å². The zero-order chi connectivity index (χ0) is 14.1. The van der Waals surface area contributed by atoms with Gasteiger partial charge >= 0.3 is 11.9 Å².